The summed E-state index contributed by atoms with van der Waals surface area (Å²) < 4.78 is 3.67. The Morgan fingerprint density at radius 3 is 2.80 bits per heavy atom. The van der Waals surface area contributed by atoms with Gasteiger partial charge < -0.3 is 15.2 Å². The van der Waals surface area contributed by atoms with E-state index in [1.807, 2.05) is 20.9 Å². The largest absolute Gasteiger partial charge is 0.368 e. The molecule has 0 unspecified atom stereocenters. The highest BCUT2D eigenvalue weighted by Gasteiger charge is 2.28. The van der Waals surface area contributed by atoms with Gasteiger partial charge in [-0.1, -0.05) is 0 Å². The Bertz CT molecular complexity index is 890. The van der Waals surface area contributed by atoms with E-state index in [0.717, 1.165) is 23.6 Å². The van der Waals surface area contributed by atoms with E-state index in [4.69, 9.17) is 5.73 Å². The van der Waals surface area contributed by atoms with Gasteiger partial charge in [0.05, 0.1) is 0 Å². The van der Waals surface area contributed by atoms with Crippen molar-refractivity contribution in [3.8, 4) is 0 Å². The minimum absolute atomic E-state index is 0.0326. The number of aromatic nitrogens is 4. The molecule has 25 heavy (non-hydrogen) atoms. The van der Waals surface area contributed by atoms with Crippen LogP contribution in [0.3, 0.4) is 0 Å². The van der Waals surface area contributed by atoms with Crippen molar-refractivity contribution in [1.29, 1.82) is 0 Å². The number of fused-ring (bicyclic) bond motifs is 1. The molecule has 4 heterocycles. The lowest BCUT2D eigenvalue weighted by Crippen LogP contribution is -2.38. The monoisotopic (exact) mass is 358 g/mol. The number of carbonyl (C=O) groups excluding carboxylic acids is 2. The van der Waals surface area contributed by atoms with Gasteiger partial charge >= 0.3 is 0 Å². The van der Waals surface area contributed by atoms with E-state index in [0.29, 0.717) is 18.8 Å². The van der Waals surface area contributed by atoms with E-state index in [9.17, 15) is 9.59 Å². The first-order chi connectivity index (χ1) is 12.1. The number of likely N-dealkylation sites (tertiary alicyclic amines) is 1. The average molecular weight is 358 g/mol. The first-order valence-electron chi connectivity index (χ1n) is 8.12. The normalized spacial score (nSPS) is 15.8. The predicted octanol–water partition coefficient (Wildman–Crippen LogP) is 1.10. The number of nitrogens with two attached hydrogens (primary N) is 1. The summed E-state index contributed by atoms with van der Waals surface area (Å²) in [5, 5.41) is 1.94. The Kier molecular flexibility index (Phi) is 4.00. The van der Waals surface area contributed by atoms with Gasteiger partial charge in [0.2, 0.25) is 5.91 Å². The molecule has 0 atom stereocenters. The number of amides is 2. The van der Waals surface area contributed by atoms with Crippen molar-refractivity contribution < 1.29 is 9.59 Å². The molecule has 8 nitrogen and oxygen atoms in total. The Morgan fingerprint density at radius 1 is 1.28 bits per heavy atom. The molecule has 2 amide bonds. The molecule has 3 aromatic rings. The highest BCUT2D eigenvalue weighted by molar-refractivity contribution is 7.15. The summed E-state index contributed by atoms with van der Waals surface area (Å²) in [5.41, 5.74) is 5.77. The number of carbonyl (C=O) groups is 2. The first-order valence-corrected chi connectivity index (χ1v) is 9.00. The maximum atomic E-state index is 12.6. The third kappa shape index (κ3) is 3.02. The second-order valence-electron chi connectivity index (χ2n) is 6.17. The van der Waals surface area contributed by atoms with Crippen LogP contribution in [0.15, 0.2) is 30.2 Å². The summed E-state index contributed by atoms with van der Waals surface area (Å²) in [6.45, 7) is 1.44. The van der Waals surface area contributed by atoms with E-state index in [1.165, 1.54) is 11.3 Å². The molecule has 9 heteroatoms. The second-order valence-corrected chi connectivity index (χ2v) is 7.04. The van der Waals surface area contributed by atoms with Crippen molar-refractivity contribution in [1.82, 2.24) is 23.8 Å². The molecule has 4 rings (SSSR count). The molecule has 3 aromatic heterocycles. The molecule has 1 fully saturated rings. The average Bonchev–Trinajstić information content (AvgIpc) is 3.29. The fourth-order valence-corrected chi connectivity index (χ4v) is 4.02. The molecule has 0 radical (unpaired) electrons. The number of hydrogen-bond acceptors (Lipinski definition) is 5. The van der Waals surface area contributed by atoms with Crippen molar-refractivity contribution in [2.45, 2.75) is 25.3 Å². The molecule has 0 aliphatic carbocycles. The number of rotatable bonds is 4. The van der Waals surface area contributed by atoms with Crippen LogP contribution in [-0.2, 0) is 11.3 Å². The Morgan fingerprint density at radius 2 is 2.08 bits per heavy atom. The van der Waals surface area contributed by atoms with Crippen LogP contribution < -0.4 is 5.73 Å². The van der Waals surface area contributed by atoms with Crippen molar-refractivity contribution in [3.05, 3.63) is 41.7 Å². The molecule has 0 bridgehead atoms. The Balaban J connectivity index is 1.43. The van der Waals surface area contributed by atoms with Crippen LogP contribution in [0, 0.1) is 0 Å². The SMILES string of the molecule is NC(=O)Cn1ccnc1C1CCN(C(=O)c2cn3ccsc3n2)CC1. The van der Waals surface area contributed by atoms with Gasteiger partial charge in [-0.05, 0) is 12.8 Å². The minimum Gasteiger partial charge on any atom is -0.368 e. The maximum absolute atomic E-state index is 12.6. The van der Waals surface area contributed by atoms with Gasteiger partial charge in [-0.3, -0.25) is 14.0 Å². The molecule has 0 spiro atoms. The van der Waals surface area contributed by atoms with Crippen LogP contribution in [-0.4, -0.2) is 48.7 Å². The standard InChI is InChI=1S/C16H18N6O2S/c17-13(23)10-21-6-3-18-14(21)11-1-4-20(5-2-11)15(24)12-9-22-7-8-25-16(22)19-12/h3,6-9,11H,1-2,4-5,10H2,(H2,17,23). The molecule has 2 N–H and O–H groups in total. The second kappa shape index (κ2) is 6.32. The summed E-state index contributed by atoms with van der Waals surface area (Å²) >= 11 is 1.51. The van der Waals surface area contributed by atoms with Crippen LogP contribution in [0.5, 0.6) is 0 Å². The quantitative estimate of drug-likeness (QED) is 0.755. The van der Waals surface area contributed by atoms with Crippen molar-refractivity contribution in [2.75, 3.05) is 13.1 Å². The predicted molar refractivity (Wildman–Crippen MR) is 92.4 cm³/mol. The smallest absolute Gasteiger partial charge is 0.274 e. The summed E-state index contributed by atoms with van der Waals surface area (Å²) in [7, 11) is 0. The molecular formula is C16H18N6O2S. The van der Waals surface area contributed by atoms with Crippen molar-refractivity contribution in [2.24, 2.45) is 5.73 Å². The highest BCUT2D eigenvalue weighted by atomic mass is 32.1. The molecule has 1 saturated heterocycles. The third-order valence-electron chi connectivity index (χ3n) is 4.53. The van der Waals surface area contributed by atoms with E-state index in [2.05, 4.69) is 9.97 Å². The van der Waals surface area contributed by atoms with Gasteiger partial charge in [-0.25, -0.2) is 9.97 Å². The Labute approximate surface area is 147 Å². The lowest BCUT2D eigenvalue weighted by atomic mass is 9.95. The fraction of sp³-hybridized carbons (Fsp3) is 0.375. The van der Waals surface area contributed by atoms with Gasteiger partial charge in [-0.15, -0.1) is 11.3 Å². The topological polar surface area (TPSA) is 98.5 Å². The molecule has 1 aliphatic heterocycles. The number of imidazole rings is 2. The number of thiazole rings is 1. The van der Waals surface area contributed by atoms with E-state index >= 15 is 0 Å². The van der Waals surface area contributed by atoms with Crippen LogP contribution >= 0.6 is 11.3 Å². The van der Waals surface area contributed by atoms with Gasteiger partial charge in [0.15, 0.2) is 4.96 Å². The van der Waals surface area contributed by atoms with Crippen LogP contribution in [0.25, 0.3) is 4.96 Å². The lowest BCUT2D eigenvalue weighted by Gasteiger charge is -2.31. The molecular weight excluding hydrogens is 340 g/mol. The third-order valence-corrected chi connectivity index (χ3v) is 5.30. The van der Waals surface area contributed by atoms with Gasteiger partial charge in [-0.2, -0.15) is 0 Å². The Hall–Kier alpha value is -2.68. The molecule has 0 aromatic carbocycles. The minimum atomic E-state index is -0.383. The maximum Gasteiger partial charge on any atom is 0.274 e. The van der Waals surface area contributed by atoms with Gasteiger partial charge in [0, 0.05) is 49.2 Å². The van der Waals surface area contributed by atoms with E-state index in [1.54, 1.807) is 23.2 Å². The summed E-state index contributed by atoms with van der Waals surface area (Å²) in [6, 6.07) is 0. The van der Waals surface area contributed by atoms with Crippen molar-refractivity contribution in [3.63, 3.8) is 0 Å². The van der Waals surface area contributed by atoms with Crippen LogP contribution in [0.2, 0.25) is 0 Å². The van der Waals surface area contributed by atoms with E-state index < -0.39 is 0 Å². The number of primary amides is 1. The molecule has 0 saturated carbocycles. The van der Waals surface area contributed by atoms with Crippen LogP contribution in [0.1, 0.15) is 35.1 Å². The zero-order chi connectivity index (χ0) is 17.4. The summed E-state index contributed by atoms with van der Waals surface area (Å²) in [4.78, 5) is 35.2. The molecule has 130 valence electrons. The first kappa shape index (κ1) is 15.8. The van der Waals surface area contributed by atoms with Crippen molar-refractivity contribution >= 4 is 28.1 Å². The fourth-order valence-electron chi connectivity index (χ4n) is 3.32. The van der Waals surface area contributed by atoms with Crippen LogP contribution in [0.4, 0.5) is 0 Å². The lowest BCUT2D eigenvalue weighted by molar-refractivity contribution is -0.118. The zero-order valence-electron chi connectivity index (χ0n) is 13.5. The number of hydrogen-bond donors (Lipinski definition) is 1. The zero-order valence-corrected chi connectivity index (χ0v) is 14.4. The molecule has 1 aliphatic rings. The number of piperidine rings is 1. The summed E-state index contributed by atoms with van der Waals surface area (Å²) in [6.07, 6.45) is 8.75. The van der Waals surface area contributed by atoms with Gasteiger partial charge in [0.25, 0.3) is 5.91 Å². The summed E-state index contributed by atoms with van der Waals surface area (Å²) in [5.74, 6) is 0.679. The van der Waals surface area contributed by atoms with E-state index in [-0.39, 0.29) is 24.3 Å². The van der Waals surface area contributed by atoms with Gasteiger partial charge in [0.1, 0.15) is 18.1 Å². The number of nitrogens with zero attached hydrogens (tertiary/aromatic N) is 5. The highest BCUT2D eigenvalue weighted by Crippen LogP contribution is 2.27.